The van der Waals surface area contributed by atoms with E-state index in [1.54, 1.807) is 5.01 Å². The van der Waals surface area contributed by atoms with Crippen LogP contribution in [0.25, 0.3) is 0 Å². The van der Waals surface area contributed by atoms with E-state index in [4.69, 9.17) is 10.9 Å². The number of aliphatic hydroxyl groups is 1. The van der Waals surface area contributed by atoms with Crippen molar-refractivity contribution >= 4 is 0 Å². The van der Waals surface area contributed by atoms with Crippen LogP contribution in [0.3, 0.4) is 0 Å². The van der Waals surface area contributed by atoms with Crippen LogP contribution in [-0.2, 0) is 0 Å². The maximum absolute atomic E-state index is 8.94. The van der Waals surface area contributed by atoms with Gasteiger partial charge in [-0.15, -0.1) is 0 Å². The lowest BCUT2D eigenvalue weighted by atomic mass is 9.83. The van der Waals surface area contributed by atoms with Crippen molar-refractivity contribution in [2.75, 3.05) is 19.7 Å². The number of hydrazine groups is 1. The van der Waals surface area contributed by atoms with Gasteiger partial charge in [-0.05, 0) is 5.41 Å². The van der Waals surface area contributed by atoms with Crippen molar-refractivity contribution in [2.45, 2.75) is 13.8 Å². The highest BCUT2D eigenvalue weighted by molar-refractivity contribution is 4.87. The van der Waals surface area contributed by atoms with Gasteiger partial charge in [0.15, 0.2) is 0 Å². The average molecular weight is 144 g/mol. The molecule has 1 heterocycles. The van der Waals surface area contributed by atoms with Crippen LogP contribution < -0.4 is 5.84 Å². The highest BCUT2D eigenvalue weighted by Crippen LogP contribution is 2.32. The van der Waals surface area contributed by atoms with E-state index in [0.29, 0.717) is 5.92 Å². The maximum atomic E-state index is 8.94. The molecule has 1 aliphatic heterocycles. The van der Waals surface area contributed by atoms with Crippen LogP contribution in [0.2, 0.25) is 0 Å². The van der Waals surface area contributed by atoms with Gasteiger partial charge < -0.3 is 5.11 Å². The zero-order valence-corrected chi connectivity index (χ0v) is 6.67. The smallest absolute Gasteiger partial charge is 0.0477 e. The monoisotopic (exact) mass is 144 g/mol. The average Bonchev–Trinajstić information content (AvgIpc) is 2.04. The van der Waals surface area contributed by atoms with Crippen molar-refractivity contribution in [1.29, 1.82) is 0 Å². The molecule has 1 unspecified atom stereocenters. The summed E-state index contributed by atoms with van der Waals surface area (Å²) in [7, 11) is 0. The highest BCUT2D eigenvalue weighted by Gasteiger charge is 2.37. The molecule has 10 heavy (non-hydrogen) atoms. The predicted molar refractivity (Wildman–Crippen MR) is 40.1 cm³/mol. The molecule has 0 radical (unpaired) electrons. The number of aliphatic hydroxyl groups excluding tert-OH is 1. The summed E-state index contributed by atoms with van der Waals surface area (Å²) in [6.45, 7) is 6.24. The molecule has 1 fully saturated rings. The molecule has 0 aromatic heterocycles. The molecule has 1 atom stereocenters. The van der Waals surface area contributed by atoms with E-state index in [1.807, 2.05) is 0 Å². The van der Waals surface area contributed by atoms with Crippen molar-refractivity contribution in [3.8, 4) is 0 Å². The molecule has 60 valence electrons. The second-order valence-electron chi connectivity index (χ2n) is 3.80. The van der Waals surface area contributed by atoms with E-state index in [2.05, 4.69) is 13.8 Å². The molecule has 0 amide bonds. The van der Waals surface area contributed by atoms with Gasteiger partial charge in [0, 0.05) is 25.6 Å². The summed E-state index contributed by atoms with van der Waals surface area (Å²) in [5.74, 6) is 5.94. The molecule has 3 N–H and O–H groups in total. The molecule has 3 nitrogen and oxygen atoms in total. The van der Waals surface area contributed by atoms with Crippen LogP contribution in [0.5, 0.6) is 0 Å². The number of rotatable bonds is 1. The fourth-order valence-corrected chi connectivity index (χ4v) is 1.55. The van der Waals surface area contributed by atoms with Gasteiger partial charge in [-0.3, -0.25) is 5.84 Å². The van der Waals surface area contributed by atoms with Crippen molar-refractivity contribution in [3.05, 3.63) is 0 Å². The van der Waals surface area contributed by atoms with Crippen LogP contribution >= 0.6 is 0 Å². The first-order valence-electron chi connectivity index (χ1n) is 3.67. The lowest BCUT2D eigenvalue weighted by molar-refractivity contribution is 0.161. The van der Waals surface area contributed by atoms with Gasteiger partial charge in [-0.2, -0.15) is 0 Å². The minimum atomic E-state index is 0.184. The standard InChI is InChI=1S/C7H16N2O/c1-7(2)5-9(8)3-6(7)4-10/h6,10H,3-5,8H2,1-2H3. The van der Waals surface area contributed by atoms with Crippen molar-refractivity contribution < 1.29 is 5.11 Å². The Morgan fingerprint density at radius 1 is 1.70 bits per heavy atom. The van der Waals surface area contributed by atoms with Gasteiger partial charge in [0.2, 0.25) is 0 Å². The SMILES string of the molecule is CC1(C)CN(N)CC1CO. The summed E-state index contributed by atoms with van der Waals surface area (Å²) >= 11 is 0. The number of hydrogen-bond acceptors (Lipinski definition) is 3. The molecule has 1 aliphatic rings. The van der Waals surface area contributed by atoms with Gasteiger partial charge in [0.1, 0.15) is 0 Å². The van der Waals surface area contributed by atoms with Crippen LogP contribution in [0.4, 0.5) is 0 Å². The molecule has 0 spiro atoms. The van der Waals surface area contributed by atoms with Crippen molar-refractivity contribution in [1.82, 2.24) is 5.01 Å². The summed E-state index contributed by atoms with van der Waals surface area (Å²) in [6, 6.07) is 0. The van der Waals surface area contributed by atoms with Crippen LogP contribution in [0.15, 0.2) is 0 Å². The topological polar surface area (TPSA) is 49.5 Å². The number of hydrogen-bond donors (Lipinski definition) is 2. The second-order valence-corrected chi connectivity index (χ2v) is 3.80. The molecule has 0 aliphatic carbocycles. The van der Waals surface area contributed by atoms with Gasteiger partial charge in [-0.25, -0.2) is 5.01 Å². The van der Waals surface area contributed by atoms with Crippen LogP contribution in [0, 0.1) is 11.3 Å². The van der Waals surface area contributed by atoms with Gasteiger partial charge in [-0.1, -0.05) is 13.8 Å². The minimum Gasteiger partial charge on any atom is -0.396 e. The van der Waals surface area contributed by atoms with Gasteiger partial charge >= 0.3 is 0 Å². The molecule has 3 heteroatoms. The van der Waals surface area contributed by atoms with Gasteiger partial charge in [0.05, 0.1) is 0 Å². The maximum Gasteiger partial charge on any atom is 0.0477 e. The Hall–Kier alpha value is -0.120. The fraction of sp³-hybridized carbons (Fsp3) is 1.00. The quantitative estimate of drug-likeness (QED) is 0.501. The summed E-state index contributed by atoms with van der Waals surface area (Å²) in [5.41, 5.74) is 0.184. The third-order valence-corrected chi connectivity index (χ3v) is 2.39. The zero-order valence-electron chi connectivity index (χ0n) is 6.67. The summed E-state index contributed by atoms with van der Waals surface area (Å²) < 4.78 is 0. The molecular formula is C7H16N2O. The van der Waals surface area contributed by atoms with E-state index in [0.717, 1.165) is 13.1 Å². The molecule has 0 saturated carbocycles. The molecule has 1 rings (SSSR count). The first-order valence-corrected chi connectivity index (χ1v) is 3.67. The Balaban J connectivity index is 2.58. The van der Waals surface area contributed by atoms with Gasteiger partial charge in [0.25, 0.3) is 0 Å². The Bertz CT molecular complexity index is 125. The largest absolute Gasteiger partial charge is 0.396 e. The van der Waals surface area contributed by atoms with E-state index in [1.165, 1.54) is 0 Å². The molecule has 0 aromatic rings. The van der Waals surface area contributed by atoms with E-state index in [-0.39, 0.29) is 12.0 Å². The Morgan fingerprint density at radius 2 is 2.30 bits per heavy atom. The molecule has 1 saturated heterocycles. The normalized spacial score (nSPS) is 33.0. The fourth-order valence-electron chi connectivity index (χ4n) is 1.55. The predicted octanol–water partition coefficient (Wildman–Crippen LogP) is -0.190. The van der Waals surface area contributed by atoms with Crippen LogP contribution in [0.1, 0.15) is 13.8 Å². The third kappa shape index (κ3) is 1.31. The highest BCUT2D eigenvalue weighted by atomic mass is 16.3. The minimum absolute atomic E-state index is 0.184. The molecule has 0 aromatic carbocycles. The summed E-state index contributed by atoms with van der Waals surface area (Å²) in [6.07, 6.45) is 0. The number of nitrogens with zero attached hydrogens (tertiary/aromatic N) is 1. The van der Waals surface area contributed by atoms with Crippen molar-refractivity contribution in [3.63, 3.8) is 0 Å². The first-order chi connectivity index (χ1) is 4.56. The van der Waals surface area contributed by atoms with E-state index < -0.39 is 0 Å². The second kappa shape index (κ2) is 2.49. The van der Waals surface area contributed by atoms with E-state index >= 15 is 0 Å². The third-order valence-electron chi connectivity index (χ3n) is 2.39. The summed E-state index contributed by atoms with van der Waals surface area (Å²) in [4.78, 5) is 0. The zero-order chi connectivity index (χ0) is 7.78. The van der Waals surface area contributed by atoms with Crippen molar-refractivity contribution in [2.24, 2.45) is 17.2 Å². The Kier molecular flexibility index (Phi) is 1.99. The summed E-state index contributed by atoms with van der Waals surface area (Å²) in [5, 5.41) is 10.7. The number of nitrogens with two attached hydrogens (primary N) is 1. The molecular weight excluding hydrogens is 128 g/mol. The molecule has 0 bridgehead atoms. The lowest BCUT2D eigenvalue weighted by Crippen LogP contribution is -2.29. The van der Waals surface area contributed by atoms with E-state index in [9.17, 15) is 0 Å². The van der Waals surface area contributed by atoms with Crippen LogP contribution in [-0.4, -0.2) is 29.8 Å². The first kappa shape index (κ1) is 7.98. The Morgan fingerprint density at radius 3 is 2.50 bits per heavy atom. The lowest BCUT2D eigenvalue weighted by Gasteiger charge is -2.23. The Labute approximate surface area is 61.8 Å².